The number of aryl methyl sites for hydroxylation is 2. The maximum Gasteiger partial charge on any atom is 0.248 e. The molecule has 28 heavy (non-hydrogen) atoms. The molecular formula is C20H27N3O4S. The third kappa shape index (κ3) is 4.28. The molecule has 1 atom stereocenters. The lowest BCUT2D eigenvalue weighted by atomic mass is 9.96. The zero-order chi connectivity index (χ0) is 20.3. The van der Waals surface area contributed by atoms with Gasteiger partial charge in [-0.2, -0.15) is 4.31 Å². The smallest absolute Gasteiger partial charge is 0.248 e. The summed E-state index contributed by atoms with van der Waals surface area (Å²) in [6.07, 6.45) is 1.02. The van der Waals surface area contributed by atoms with Crippen LogP contribution in [0.25, 0.3) is 0 Å². The molecule has 0 radical (unpaired) electrons. The SMILES string of the molecule is Cc1noc(C)c1S(=O)(=O)N1CCC(C(=O)NC[C@@H](C)c2ccccc2)CC1. The lowest BCUT2D eigenvalue weighted by molar-refractivity contribution is -0.126. The minimum absolute atomic E-state index is 0.00262. The molecule has 2 aromatic rings. The maximum absolute atomic E-state index is 12.9. The molecule has 8 heteroatoms. The number of carbonyl (C=O) groups is 1. The fourth-order valence-corrected chi connectivity index (χ4v) is 5.39. The molecule has 1 fully saturated rings. The molecule has 1 aromatic heterocycles. The Morgan fingerprint density at radius 1 is 1.25 bits per heavy atom. The number of piperidine rings is 1. The number of aromatic nitrogens is 1. The van der Waals surface area contributed by atoms with Gasteiger partial charge < -0.3 is 9.84 Å². The summed E-state index contributed by atoms with van der Waals surface area (Å²) >= 11 is 0. The predicted molar refractivity (Wildman–Crippen MR) is 105 cm³/mol. The van der Waals surface area contributed by atoms with Crippen LogP contribution in [0.2, 0.25) is 0 Å². The molecule has 1 saturated heterocycles. The highest BCUT2D eigenvalue weighted by atomic mass is 32.2. The molecule has 0 aliphatic carbocycles. The van der Waals surface area contributed by atoms with Crippen LogP contribution in [0, 0.1) is 19.8 Å². The number of carbonyl (C=O) groups excluding carboxylic acids is 1. The van der Waals surface area contributed by atoms with Crippen molar-refractivity contribution in [3.8, 4) is 0 Å². The molecule has 2 heterocycles. The van der Waals surface area contributed by atoms with Crippen molar-refractivity contribution >= 4 is 15.9 Å². The molecule has 1 N–H and O–H groups in total. The standard InChI is InChI=1S/C20H27N3O4S/c1-14(17-7-5-4-6-8-17)13-21-20(24)18-9-11-23(12-10-18)28(25,26)19-15(2)22-27-16(19)3/h4-8,14,18H,9-13H2,1-3H3,(H,21,24)/t14-/m1/s1. The lowest BCUT2D eigenvalue weighted by Crippen LogP contribution is -2.43. The van der Waals surface area contributed by atoms with Gasteiger partial charge in [-0.05, 0) is 38.2 Å². The van der Waals surface area contributed by atoms with Gasteiger partial charge in [0.25, 0.3) is 0 Å². The first-order valence-electron chi connectivity index (χ1n) is 9.56. The van der Waals surface area contributed by atoms with Crippen molar-refractivity contribution in [2.45, 2.75) is 44.4 Å². The molecule has 1 aliphatic heterocycles. The first-order chi connectivity index (χ1) is 13.3. The number of amides is 1. The second kappa shape index (κ2) is 8.45. The Balaban J connectivity index is 1.54. The number of benzene rings is 1. The molecule has 1 aliphatic rings. The highest BCUT2D eigenvalue weighted by Crippen LogP contribution is 2.27. The number of sulfonamides is 1. The van der Waals surface area contributed by atoms with Gasteiger partial charge in [-0.3, -0.25) is 4.79 Å². The third-order valence-corrected chi connectivity index (χ3v) is 7.49. The largest absolute Gasteiger partial charge is 0.360 e. The lowest BCUT2D eigenvalue weighted by Gasteiger charge is -2.30. The van der Waals surface area contributed by atoms with Crippen LogP contribution in [0.3, 0.4) is 0 Å². The van der Waals surface area contributed by atoms with E-state index in [1.807, 2.05) is 18.2 Å². The highest BCUT2D eigenvalue weighted by molar-refractivity contribution is 7.89. The van der Waals surface area contributed by atoms with Crippen LogP contribution in [-0.4, -0.2) is 43.4 Å². The Labute approximate surface area is 166 Å². The first kappa shape index (κ1) is 20.5. The van der Waals surface area contributed by atoms with Gasteiger partial charge in [0.2, 0.25) is 15.9 Å². The average Bonchev–Trinajstić information content (AvgIpc) is 3.05. The first-order valence-corrected chi connectivity index (χ1v) is 11.0. The zero-order valence-electron chi connectivity index (χ0n) is 16.5. The maximum atomic E-state index is 12.9. The Hall–Kier alpha value is -2.19. The van der Waals surface area contributed by atoms with E-state index in [4.69, 9.17) is 4.52 Å². The van der Waals surface area contributed by atoms with E-state index in [1.54, 1.807) is 13.8 Å². The zero-order valence-corrected chi connectivity index (χ0v) is 17.3. The van der Waals surface area contributed by atoms with Crippen molar-refractivity contribution in [3.63, 3.8) is 0 Å². The number of hydrogen-bond donors (Lipinski definition) is 1. The number of rotatable bonds is 6. The molecular weight excluding hydrogens is 378 g/mol. The minimum Gasteiger partial charge on any atom is -0.360 e. The highest BCUT2D eigenvalue weighted by Gasteiger charge is 2.35. The summed E-state index contributed by atoms with van der Waals surface area (Å²) in [4.78, 5) is 12.7. The molecule has 152 valence electrons. The summed E-state index contributed by atoms with van der Waals surface area (Å²) in [7, 11) is -3.65. The van der Waals surface area contributed by atoms with Crippen LogP contribution in [0.5, 0.6) is 0 Å². The van der Waals surface area contributed by atoms with Crippen molar-refractivity contribution < 1.29 is 17.7 Å². The summed E-state index contributed by atoms with van der Waals surface area (Å²) in [5.74, 6) is 0.355. The van der Waals surface area contributed by atoms with Crippen molar-refractivity contribution in [2.75, 3.05) is 19.6 Å². The van der Waals surface area contributed by atoms with Crippen LogP contribution < -0.4 is 5.32 Å². The normalized spacial score (nSPS) is 17.4. The third-order valence-electron chi connectivity index (χ3n) is 5.34. The van der Waals surface area contributed by atoms with Gasteiger partial charge in [-0.1, -0.05) is 42.4 Å². The summed E-state index contributed by atoms with van der Waals surface area (Å²) < 4.78 is 32.2. The summed E-state index contributed by atoms with van der Waals surface area (Å²) in [6.45, 7) is 6.50. The molecule has 1 aromatic carbocycles. The Morgan fingerprint density at radius 3 is 2.46 bits per heavy atom. The van der Waals surface area contributed by atoms with E-state index >= 15 is 0 Å². The van der Waals surface area contributed by atoms with Crippen LogP contribution >= 0.6 is 0 Å². The second-order valence-corrected chi connectivity index (χ2v) is 9.26. The van der Waals surface area contributed by atoms with Crippen LogP contribution in [-0.2, 0) is 14.8 Å². The van der Waals surface area contributed by atoms with E-state index in [0.29, 0.717) is 43.9 Å². The van der Waals surface area contributed by atoms with E-state index in [9.17, 15) is 13.2 Å². The van der Waals surface area contributed by atoms with Gasteiger partial charge in [0, 0.05) is 25.6 Å². The van der Waals surface area contributed by atoms with Crippen LogP contribution in [0.15, 0.2) is 39.8 Å². The summed E-state index contributed by atoms with van der Waals surface area (Å²) in [5, 5.41) is 6.76. The minimum atomic E-state index is -3.65. The average molecular weight is 406 g/mol. The van der Waals surface area contributed by atoms with E-state index in [0.717, 1.165) is 0 Å². The number of nitrogens with zero attached hydrogens (tertiary/aromatic N) is 2. The van der Waals surface area contributed by atoms with Gasteiger partial charge in [0.15, 0.2) is 5.76 Å². The second-order valence-electron chi connectivity index (χ2n) is 7.39. The number of nitrogens with one attached hydrogen (secondary N) is 1. The van der Waals surface area contributed by atoms with E-state index in [-0.39, 0.29) is 22.6 Å². The molecule has 0 bridgehead atoms. The van der Waals surface area contributed by atoms with Crippen LogP contribution in [0.1, 0.15) is 42.7 Å². The van der Waals surface area contributed by atoms with Crippen molar-refractivity contribution in [2.24, 2.45) is 5.92 Å². The fraction of sp³-hybridized carbons (Fsp3) is 0.500. The molecule has 1 amide bonds. The Kier molecular flexibility index (Phi) is 6.20. The van der Waals surface area contributed by atoms with Gasteiger partial charge in [-0.25, -0.2) is 8.42 Å². The summed E-state index contributed by atoms with van der Waals surface area (Å²) in [6, 6.07) is 10.1. The van der Waals surface area contributed by atoms with Crippen LogP contribution in [0.4, 0.5) is 0 Å². The van der Waals surface area contributed by atoms with Gasteiger partial charge in [-0.15, -0.1) is 0 Å². The van der Waals surface area contributed by atoms with Crippen molar-refractivity contribution in [1.82, 2.24) is 14.8 Å². The quantitative estimate of drug-likeness (QED) is 0.797. The van der Waals surface area contributed by atoms with E-state index < -0.39 is 10.0 Å². The molecule has 3 rings (SSSR count). The van der Waals surface area contributed by atoms with E-state index in [2.05, 4.69) is 29.5 Å². The fourth-order valence-electron chi connectivity index (χ4n) is 3.63. The molecule has 0 spiro atoms. The van der Waals surface area contributed by atoms with Crippen molar-refractivity contribution in [1.29, 1.82) is 0 Å². The van der Waals surface area contributed by atoms with Crippen molar-refractivity contribution in [3.05, 3.63) is 47.3 Å². The molecule has 0 saturated carbocycles. The number of hydrogen-bond acceptors (Lipinski definition) is 5. The Morgan fingerprint density at radius 2 is 1.89 bits per heavy atom. The van der Waals surface area contributed by atoms with Gasteiger partial charge in [0.05, 0.1) is 0 Å². The predicted octanol–water partition coefficient (Wildman–Crippen LogP) is 2.61. The molecule has 0 unspecified atom stereocenters. The summed E-state index contributed by atoms with van der Waals surface area (Å²) in [5.41, 5.74) is 1.55. The van der Waals surface area contributed by atoms with Gasteiger partial charge in [0.1, 0.15) is 10.6 Å². The molecule has 7 nitrogen and oxygen atoms in total. The Bertz CT molecular complexity index is 897. The topological polar surface area (TPSA) is 92.5 Å². The monoisotopic (exact) mass is 405 g/mol. The van der Waals surface area contributed by atoms with Gasteiger partial charge >= 0.3 is 0 Å². The van der Waals surface area contributed by atoms with E-state index in [1.165, 1.54) is 9.87 Å².